The molecule has 0 aliphatic rings. The van der Waals surface area contributed by atoms with Crippen molar-refractivity contribution in [3.05, 3.63) is 78.5 Å². The number of hydrogen-bond donors (Lipinski definition) is 3. The standard InChI is InChI=1S/C23H17N3O5S.H3N/c27-22(24-13-20(23(28)29)26-32(30)31)19-12-11-15-7-4-10-18(21(15)25-19)17-9-3-6-14-5-1-2-8-16(14)17;/h1-12,20H,13H2,(H,24,27)(H,28,29);1H3. The number of pyridine rings is 1. The van der Waals surface area contributed by atoms with E-state index in [-0.39, 0.29) is 11.8 Å². The third-order valence-corrected chi connectivity index (χ3v) is 5.41. The summed E-state index contributed by atoms with van der Waals surface area (Å²) in [7, 11) is -2.90. The van der Waals surface area contributed by atoms with Crippen molar-refractivity contribution in [1.29, 1.82) is 0 Å². The van der Waals surface area contributed by atoms with E-state index in [9.17, 15) is 18.0 Å². The van der Waals surface area contributed by atoms with E-state index in [1.54, 1.807) is 6.07 Å². The minimum Gasteiger partial charge on any atom is -0.480 e. The molecule has 0 aliphatic carbocycles. The van der Waals surface area contributed by atoms with Crippen LogP contribution >= 0.6 is 0 Å². The maximum Gasteiger partial charge on any atom is 0.331 e. The number of para-hydroxylation sites is 1. The van der Waals surface area contributed by atoms with Crippen LogP contribution in [-0.2, 0) is 15.3 Å². The molecule has 0 saturated carbocycles. The van der Waals surface area contributed by atoms with Crippen LogP contribution in [0.1, 0.15) is 10.5 Å². The van der Waals surface area contributed by atoms with Gasteiger partial charge < -0.3 is 16.6 Å². The van der Waals surface area contributed by atoms with Crippen molar-refractivity contribution in [2.24, 2.45) is 4.36 Å². The number of carboxylic acids is 1. The van der Waals surface area contributed by atoms with Crippen LogP contribution in [0, 0.1) is 0 Å². The molecule has 1 aromatic heterocycles. The molecule has 33 heavy (non-hydrogen) atoms. The average Bonchev–Trinajstić information content (AvgIpc) is 2.80. The van der Waals surface area contributed by atoms with Gasteiger partial charge in [0.05, 0.1) is 12.1 Å². The van der Waals surface area contributed by atoms with Gasteiger partial charge in [-0.25, -0.2) is 9.78 Å². The fraction of sp³-hybridized carbons (Fsp3) is 0.0870. The van der Waals surface area contributed by atoms with Gasteiger partial charge in [-0.1, -0.05) is 66.7 Å². The van der Waals surface area contributed by atoms with E-state index in [0.717, 1.165) is 27.3 Å². The number of rotatable bonds is 6. The summed E-state index contributed by atoms with van der Waals surface area (Å²) in [5.74, 6) is -2.09. The molecule has 1 amide bonds. The van der Waals surface area contributed by atoms with E-state index in [0.29, 0.717) is 5.52 Å². The summed E-state index contributed by atoms with van der Waals surface area (Å²) in [6, 6.07) is 21.4. The SMILES string of the molecule is N.O=C(NCC(N=S(=O)=O)C(=O)O)c1ccc2cccc(-c3cccc4ccccc34)c2n1. The number of hydrogen-bond acceptors (Lipinski definition) is 7. The lowest BCUT2D eigenvalue weighted by molar-refractivity contribution is -0.138. The summed E-state index contributed by atoms with van der Waals surface area (Å²) in [5, 5.41) is 14.4. The van der Waals surface area contributed by atoms with Gasteiger partial charge in [-0.05, 0) is 22.4 Å². The maximum absolute atomic E-state index is 12.6. The van der Waals surface area contributed by atoms with Gasteiger partial charge in [0, 0.05) is 10.9 Å². The second-order valence-corrected chi connectivity index (χ2v) is 7.63. The molecule has 0 bridgehead atoms. The van der Waals surface area contributed by atoms with Crippen LogP contribution in [0.15, 0.2) is 77.2 Å². The zero-order valence-electron chi connectivity index (χ0n) is 17.3. The average molecular weight is 465 g/mol. The van der Waals surface area contributed by atoms with E-state index >= 15 is 0 Å². The summed E-state index contributed by atoms with van der Waals surface area (Å²) in [6.45, 7) is -0.479. The van der Waals surface area contributed by atoms with Gasteiger partial charge in [0.25, 0.3) is 5.91 Å². The molecular formula is C23H20N4O5S. The largest absolute Gasteiger partial charge is 0.480 e. The van der Waals surface area contributed by atoms with E-state index in [1.165, 1.54) is 6.07 Å². The smallest absolute Gasteiger partial charge is 0.331 e. The molecule has 1 heterocycles. The van der Waals surface area contributed by atoms with Crippen molar-refractivity contribution in [3.8, 4) is 11.1 Å². The molecule has 5 N–H and O–H groups in total. The van der Waals surface area contributed by atoms with E-state index in [2.05, 4.69) is 14.7 Å². The number of amides is 1. The highest BCUT2D eigenvalue weighted by Gasteiger charge is 2.19. The van der Waals surface area contributed by atoms with Crippen LogP contribution in [-0.4, -0.2) is 43.0 Å². The molecule has 4 aromatic rings. The molecule has 3 aromatic carbocycles. The Balaban J connectivity index is 0.00000306. The van der Waals surface area contributed by atoms with Crippen LogP contribution in [0.5, 0.6) is 0 Å². The third kappa shape index (κ3) is 5.03. The van der Waals surface area contributed by atoms with Gasteiger partial charge in [0.1, 0.15) is 5.69 Å². The highest BCUT2D eigenvalue weighted by Crippen LogP contribution is 2.33. The Kier molecular flexibility index (Phi) is 7.11. The molecule has 1 unspecified atom stereocenters. The topological polar surface area (TPSA) is 161 Å². The summed E-state index contributed by atoms with van der Waals surface area (Å²) < 4.78 is 24.4. The van der Waals surface area contributed by atoms with E-state index in [4.69, 9.17) is 5.11 Å². The number of benzene rings is 3. The van der Waals surface area contributed by atoms with E-state index in [1.807, 2.05) is 60.7 Å². The minimum atomic E-state index is -2.90. The quantitative estimate of drug-likeness (QED) is 0.394. The molecule has 0 spiro atoms. The molecule has 0 aliphatic heterocycles. The number of nitrogens with zero attached hydrogens (tertiary/aromatic N) is 2. The Labute approximate surface area is 190 Å². The molecule has 0 fully saturated rings. The molecule has 0 saturated heterocycles. The Morgan fingerprint density at radius 3 is 2.30 bits per heavy atom. The molecule has 9 nitrogen and oxygen atoms in total. The number of fused-ring (bicyclic) bond motifs is 2. The lowest BCUT2D eigenvalue weighted by atomic mass is 9.96. The first-order valence-corrected chi connectivity index (χ1v) is 10.7. The number of carboxylic acid groups (broad SMARTS) is 1. The number of aliphatic carboxylic acids is 1. The molecule has 10 heteroatoms. The normalized spacial score (nSPS) is 11.4. The summed E-state index contributed by atoms with van der Waals surface area (Å²) in [4.78, 5) is 28.3. The predicted octanol–water partition coefficient (Wildman–Crippen LogP) is 3.46. The zero-order valence-corrected chi connectivity index (χ0v) is 18.1. The highest BCUT2D eigenvalue weighted by molar-refractivity contribution is 7.61. The number of carbonyl (C=O) groups is 2. The van der Waals surface area contributed by atoms with Gasteiger partial charge in [0.2, 0.25) is 0 Å². The Hall–Kier alpha value is -4.15. The van der Waals surface area contributed by atoms with Gasteiger partial charge in [-0.2, -0.15) is 12.8 Å². The highest BCUT2D eigenvalue weighted by atomic mass is 32.2. The first-order valence-electron chi connectivity index (χ1n) is 9.63. The van der Waals surface area contributed by atoms with Crippen LogP contribution in [0.3, 0.4) is 0 Å². The number of carbonyl (C=O) groups excluding carboxylic acids is 1. The van der Waals surface area contributed by atoms with Crippen molar-refractivity contribution < 1.29 is 23.1 Å². The van der Waals surface area contributed by atoms with Crippen molar-refractivity contribution in [2.45, 2.75) is 6.04 Å². The van der Waals surface area contributed by atoms with Gasteiger partial charge in [0.15, 0.2) is 6.04 Å². The Morgan fingerprint density at radius 1 is 0.909 bits per heavy atom. The van der Waals surface area contributed by atoms with Gasteiger partial charge >= 0.3 is 16.5 Å². The summed E-state index contributed by atoms with van der Waals surface area (Å²) in [5.41, 5.74) is 2.53. The lowest BCUT2D eigenvalue weighted by Gasteiger charge is -2.11. The lowest BCUT2D eigenvalue weighted by Crippen LogP contribution is -2.35. The summed E-state index contributed by atoms with van der Waals surface area (Å²) >= 11 is 0. The first kappa shape index (κ1) is 23.5. The Bertz CT molecular complexity index is 1490. The maximum atomic E-state index is 12.6. The van der Waals surface area contributed by atoms with Crippen molar-refractivity contribution in [2.75, 3.05) is 6.54 Å². The van der Waals surface area contributed by atoms with Crippen molar-refractivity contribution in [1.82, 2.24) is 16.5 Å². The fourth-order valence-corrected chi connectivity index (χ4v) is 3.88. The molecular weight excluding hydrogens is 444 g/mol. The van der Waals surface area contributed by atoms with Gasteiger partial charge in [-0.3, -0.25) is 4.79 Å². The van der Waals surface area contributed by atoms with Crippen LogP contribution < -0.4 is 11.5 Å². The zero-order chi connectivity index (χ0) is 22.7. The molecule has 1 atom stereocenters. The predicted molar refractivity (Wildman–Crippen MR) is 125 cm³/mol. The fourth-order valence-electron chi connectivity index (χ4n) is 3.50. The second kappa shape index (κ2) is 9.98. The second-order valence-electron chi connectivity index (χ2n) is 6.99. The van der Waals surface area contributed by atoms with Crippen LogP contribution in [0.25, 0.3) is 32.8 Å². The summed E-state index contributed by atoms with van der Waals surface area (Å²) in [6.07, 6.45) is 0. The molecule has 4 rings (SSSR count). The van der Waals surface area contributed by atoms with Gasteiger partial charge in [-0.15, -0.1) is 0 Å². The van der Waals surface area contributed by atoms with Crippen molar-refractivity contribution in [3.63, 3.8) is 0 Å². The van der Waals surface area contributed by atoms with Crippen LogP contribution in [0.2, 0.25) is 0 Å². The number of nitrogens with one attached hydrogen (secondary N) is 1. The van der Waals surface area contributed by atoms with E-state index < -0.39 is 35.0 Å². The molecule has 0 radical (unpaired) electrons. The number of aromatic nitrogens is 1. The minimum absolute atomic E-state index is 0. The Morgan fingerprint density at radius 2 is 1.58 bits per heavy atom. The van der Waals surface area contributed by atoms with Crippen molar-refractivity contribution >= 4 is 44.1 Å². The molecule has 168 valence electrons. The third-order valence-electron chi connectivity index (χ3n) is 4.99. The first-order chi connectivity index (χ1) is 15.4. The monoisotopic (exact) mass is 464 g/mol. The van der Waals surface area contributed by atoms with Crippen LogP contribution in [0.4, 0.5) is 0 Å².